The molecule has 0 atom stereocenters. The third-order valence-corrected chi connectivity index (χ3v) is 1.50. The van der Waals surface area contributed by atoms with Crippen LogP contribution in [0.5, 0.6) is 0 Å². The molecule has 14 heavy (non-hydrogen) atoms. The lowest BCUT2D eigenvalue weighted by Crippen LogP contribution is -1.90. The maximum absolute atomic E-state index is 10.2. The van der Waals surface area contributed by atoms with Crippen molar-refractivity contribution in [2.24, 2.45) is 0 Å². The first-order valence-corrected chi connectivity index (χ1v) is 3.97. The van der Waals surface area contributed by atoms with E-state index in [1.54, 1.807) is 18.2 Å². The van der Waals surface area contributed by atoms with Gasteiger partial charge in [0.15, 0.2) is 0 Å². The Morgan fingerprint density at radius 3 is 2.93 bits per heavy atom. The van der Waals surface area contributed by atoms with E-state index in [1.807, 2.05) is 6.07 Å². The molecule has 4 nitrogen and oxygen atoms in total. The summed E-state index contributed by atoms with van der Waals surface area (Å²) in [6.45, 7) is 0. The van der Waals surface area contributed by atoms with Crippen LogP contribution in [0.4, 0.5) is 0 Å². The zero-order valence-electron chi connectivity index (χ0n) is 7.34. The lowest BCUT2D eigenvalue weighted by atomic mass is 10.2. The summed E-state index contributed by atoms with van der Waals surface area (Å²) in [5.41, 5.74) is 1.13. The molecule has 0 aliphatic carbocycles. The molecule has 1 aromatic rings. The van der Waals surface area contributed by atoms with Gasteiger partial charge in [0.05, 0.1) is 17.7 Å². The number of carboxylic acids is 1. The Kier molecular flexibility index (Phi) is 3.39. The second-order valence-electron chi connectivity index (χ2n) is 2.58. The predicted molar refractivity (Wildman–Crippen MR) is 50.2 cm³/mol. The Hall–Kier alpha value is -2.15. The maximum atomic E-state index is 10.2. The molecule has 0 saturated carbocycles. The second kappa shape index (κ2) is 4.77. The number of hydrogen-bond acceptors (Lipinski definition) is 3. The number of carbonyl (C=O) groups is 1. The summed E-state index contributed by atoms with van der Waals surface area (Å²) in [5, 5.41) is 16.9. The fourth-order valence-electron chi connectivity index (χ4n) is 0.851. The van der Waals surface area contributed by atoms with Crippen molar-refractivity contribution in [1.82, 2.24) is 4.98 Å². The number of hydrogen-bond donors (Lipinski definition) is 1. The average Bonchev–Trinajstić information content (AvgIpc) is 2.18. The number of aliphatic carboxylic acids is 1. The molecule has 70 valence electrons. The van der Waals surface area contributed by atoms with Gasteiger partial charge in [0.25, 0.3) is 0 Å². The Morgan fingerprint density at radius 1 is 1.64 bits per heavy atom. The molecule has 4 heteroatoms. The topological polar surface area (TPSA) is 74.0 Å². The fraction of sp³-hybridized carbons (Fsp3) is 0.100. The molecule has 1 rings (SSSR count). The molecule has 1 N–H and O–H groups in total. The summed E-state index contributed by atoms with van der Waals surface area (Å²) >= 11 is 0. The molecule has 1 aromatic heterocycles. The standard InChI is InChI=1S/C10H8N2O2/c11-6-8-4-5-9(12-7-8)2-1-3-10(13)14/h1-2,4-5,7H,3H2,(H,13,14). The van der Waals surface area contributed by atoms with Crippen LogP contribution in [-0.4, -0.2) is 16.1 Å². The van der Waals surface area contributed by atoms with Gasteiger partial charge < -0.3 is 5.11 Å². The molecule has 0 aliphatic heterocycles. The molecule has 0 aromatic carbocycles. The number of nitriles is 1. The first kappa shape index (κ1) is 9.93. The van der Waals surface area contributed by atoms with Crippen molar-refractivity contribution in [2.75, 3.05) is 0 Å². The van der Waals surface area contributed by atoms with Gasteiger partial charge in [0, 0.05) is 6.20 Å². The second-order valence-corrected chi connectivity index (χ2v) is 2.58. The van der Waals surface area contributed by atoms with Crippen LogP contribution >= 0.6 is 0 Å². The van der Waals surface area contributed by atoms with E-state index < -0.39 is 5.97 Å². The molecule has 0 bridgehead atoms. The molecule has 0 fully saturated rings. The number of rotatable bonds is 3. The normalized spacial score (nSPS) is 9.93. The van der Waals surface area contributed by atoms with Crippen molar-refractivity contribution < 1.29 is 9.90 Å². The van der Waals surface area contributed by atoms with Gasteiger partial charge in [-0.1, -0.05) is 6.08 Å². The molecule has 0 unspecified atom stereocenters. The van der Waals surface area contributed by atoms with Gasteiger partial charge in [-0.05, 0) is 18.2 Å². The van der Waals surface area contributed by atoms with Crippen LogP contribution in [0.15, 0.2) is 24.4 Å². The van der Waals surface area contributed by atoms with Crippen molar-refractivity contribution in [3.8, 4) is 6.07 Å². The molecule has 0 radical (unpaired) electrons. The van der Waals surface area contributed by atoms with Gasteiger partial charge in [-0.25, -0.2) is 0 Å². The van der Waals surface area contributed by atoms with Gasteiger partial charge >= 0.3 is 5.97 Å². The highest BCUT2D eigenvalue weighted by Gasteiger charge is 1.92. The van der Waals surface area contributed by atoms with E-state index >= 15 is 0 Å². The molecular formula is C10H8N2O2. The Labute approximate surface area is 81.1 Å². The Morgan fingerprint density at radius 2 is 2.43 bits per heavy atom. The smallest absolute Gasteiger partial charge is 0.307 e. The molecule has 1 heterocycles. The van der Waals surface area contributed by atoms with Crippen molar-refractivity contribution >= 4 is 12.0 Å². The molecule has 0 amide bonds. The highest BCUT2D eigenvalue weighted by molar-refractivity contribution is 5.70. The lowest BCUT2D eigenvalue weighted by molar-refractivity contribution is -0.135. The van der Waals surface area contributed by atoms with E-state index in [4.69, 9.17) is 10.4 Å². The van der Waals surface area contributed by atoms with Crippen LogP contribution in [-0.2, 0) is 4.79 Å². The Bertz CT molecular complexity index is 388. The zero-order valence-corrected chi connectivity index (χ0v) is 7.34. The minimum Gasteiger partial charge on any atom is -0.481 e. The average molecular weight is 188 g/mol. The highest BCUT2D eigenvalue weighted by Crippen LogP contribution is 2.01. The largest absolute Gasteiger partial charge is 0.481 e. The van der Waals surface area contributed by atoms with Crippen molar-refractivity contribution in [3.63, 3.8) is 0 Å². The third kappa shape index (κ3) is 3.07. The zero-order chi connectivity index (χ0) is 10.4. The number of nitrogens with zero attached hydrogens (tertiary/aromatic N) is 2. The SMILES string of the molecule is N#Cc1ccc(C=CCC(=O)O)nc1. The molecule has 0 aliphatic rings. The summed E-state index contributed by atoms with van der Waals surface area (Å²) in [7, 11) is 0. The fourth-order valence-corrected chi connectivity index (χ4v) is 0.851. The quantitative estimate of drug-likeness (QED) is 0.778. The lowest BCUT2D eigenvalue weighted by Gasteiger charge is -1.91. The molecule has 0 spiro atoms. The van der Waals surface area contributed by atoms with Gasteiger partial charge in [-0.3, -0.25) is 9.78 Å². The number of pyridine rings is 1. The highest BCUT2D eigenvalue weighted by atomic mass is 16.4. The summed E-state index contributed by atoms with van der Waals surface area (Å²) in [5.74, 6) is -0.880. The molecular weight excluding hydrogens is 180 g/mol. The van der Waals surface area contributed by atoms with Gasteiger partial charge in [0.2, 0.25) is 0 Å². The minimum absolute atomic E-state index is 0.0261. The van der Waals surface area contributed by atoms with Crippen LogP contribution in [0.1, 0.15) is 17.7 Å². The van der Waals surface area contributed by atoms with E-state index in [1.165, 1.54) is 12.3 Å². The summed E-state index contributed by atoms with van der Waals surface area (Å²) in [6.07, 6.45) is 4.54. The van der Waals surface area contributed by atoms with Crippen molar-refractivity contribution in [1.29, 1.82) is 5.26 Å². The first-order chi connectivity index (χ1) is 6.72. The van der Waals surface area contributed by atoms with E-state index in [0.29, 0.717) is 11.3 Å². The van der Waals surface area contributed by atoms with Gasteiger partial charge in [-0.15, -0.1) is 0 Å². The van der Waals surface area contributed by atoms with Gasteiger partial charge in [-0.2, -0.15) is 5.26 Å². The van der Waals surface area contributed by atoms with Gasteiger partial charge in [0.1, 0.15) is 6.07 Å². The first-order valence-electron chi connectivity index (χ1n) is 3.97. The summed E-state index contributed by atoms with van der Waals surface area (Å²) < 4.78 is 0. The molecule has 0 saturated heterocycles. The number of carboxylic acid groups (broad SMARTS) is 1. The van der Waals surface area contributed by atoms with Crippen LogP contribution in [0.25, 0.3) is 6.08 Å². The summed E-state index contributed by atoms with van der Waals surface area (Å²) in [4.78, 5) is 14.1. The van der Waals surface area contributed by atoms with E-state index in [0.717, 1.165) is 0 Å². The van der Waals surface area contributed by atoms with Crippen LogP contribution in [0, 0.1) is 11.3 Å². The van der Waals surface area contributed by atoms with E-state index in [9.17, 15) is 4.79 Å². The monoisotopic (exact) mass is 188 g/mol. The van der Waals surface area contributed by atoms with Crippen LogP contribution in [0.3, 0.4) is 0 Å². The van der Waals surface area contributed by atoms with Crippen molar-refractivity contribution in [2.45, 2.75) is 6.42 Å². The third-order valence-electron chi connectivity index (χ3n) is 1.50. The Balaban J connectivity index is 2.65. The maximum Gasteiger partial charge on any atom is 0.307 e. The summed E-state index contributed by atoms with van der Waals surface area (Å²) in [6, 6.07) is 5.24. The van der Waals surface area contributed by atoms with E-state index in [-0.39, 0.29) is 6.42 Å². The van der Waals surface area contributed by atoms with Crippen molar-refractivity contribution in [3.05, 3.63) is 35.7 Å². The predicted octanol–water partition coefficient (Wildman–Crippen LogP) is 1.44. The minimum atomic E-state index is -0.880. The van der Waals surface area contributed by atoms with Crippen LogP contribution in [0.2, 0.25) is 0 Å². The number of aromatic nitrogens is 1. The van der Waals surface area contributed by atoms with E-state index in [2.05, 4.69) is 4.98 Å². The van der Waals surface area contributed by atoms with Crippen LogP contribution < -0.4 is 0 Å².